The van der Waals surface area contributed by atoms with Crippen LogP contribution in [-0.4, -0.2) is 28.9 Å². The summed E-state index contributed by atoms with van der Waals surface area (Å²) in [6, 6.07) is 9.47. The molecule has 0 aliphatic carbocycles. The molecule has 1 fully saturated rings. The van der Waals surface area contributed by atoms with Crippen molar-refractivity contribution in [3.8, 4) is 0 Å². The maximum atomic E-state index is 11.6. The van der Waals surface area contributed by atoms with Crippen molar-refractivity contribution in [1.29, 1.82) is 0 Å². The van der Waals surface area contributed by atoms with E-state index in [1.54, 1.807) is 6.42 Å². The second kappa shape index (κ2) is 4.99. The first kappa shape index (κ1) is 11.0. The number of rotatable bonds is 2. The Morgan fingerprint density at radius 1 is 1.44 bits per heavy atom. The van der Waals surface area contributed by atoms with Gasteiger partial charge in [-0.15, -0.1) is 0 Å². The van der Waals surface area contributed by atoms with E-state index in [1.165, 1.54) is 4.90 Å². The number of aliphatic hydroxyl groups is 1. The molecule has 1 heterocycles. The summed E-state index contributed by atoms with van der Waals surface area (Å²) in [5.41, 5.74) is 0.938. The van der Waals surface area contributed by atoms with E-state index in [-0.39, 0.29) is 6.61 Å². The van der Waals surface area contributed by atoms with Crippen LogP contribution in [0.3, 0.4) is 0 Å². The molecule has 4 heteroatoms. The highest BCUT2D eigenvalue weighted by molar-refractivity contribution is 5.68. The molecule has 1 aromatic carbocycles. The van der Waals surface area contributed by atoms with Gasteiger partial charge in [-0.05, 0) is 12.0 Å². The molecule has 1 atom stereocenters. The van der Waals surface area contributed by atoms with Gasteiger partial charge in [-0.2, -0.15) is 0 Å². The Kier molecular flexibility index (Phi) is 3.41. The molecule has 1 unspecified atom stereocenters. The standard InChI is InChI=1S/C12H14NO3/c14-11-7-4-8-13(11)12(15)16-9-10-5-2-1-3-6-10/h1-3,5-7,11,14H,4,8-9H2. The minimum atomic E-state index is -0.803. The Bertz CT molecular complexity index is 353. The summed E-state index contributed by atoms with van der Waals surface area (Å²) in [7, 11) is 0. The molecule has 0 bridgehead atoms. The summed E-state index contributed by atoms with van der Waals surface area (Å²) in [5, 5.41) is 9.43. The molecule has 85 valence electrons. The Morgan fingerprint density at radius 3 is 2.81 bits per heavy atom. The minimum absolute atomic E-state index is 0.239. The molecule has 4 nitrogen and oxygen atoms in total. The molecule has 1 N–H and O–H groups in total. The maximum Gasteiger partial charge on any atom is 0.412 e. The van der Waals surface area contributed by atoms with Gasteiger partial charge < -0.3 is 9.84 Å². The lowest BCUT2D eigenvalue weighted by Gasteiger charge is -2.19. The van der Waals surface area contributed by atoms with Crippen molar-refractivity contribution >= 4 is 6.09 Å². The summed E-state index contributed by atoms with van der Waals surface area (Å²) >= 11 is 0. The number of ether oxygens (including phenoxy) is 1. The normalized spacial score (nSPS) is 19.8. The zero-order valence-electron chi connectivity index (χ0n) is 8.87. The molecule has 1 saturated heterocycles. The Hall–Kier alpha value is -1.55. The summed E-state index contributed by atoms with van der Waals surface area (Å²) in [5.74, 6) is 0. The second-order valence-corrected chi connectivity index (χ2v) is 3.67. The first-order valence-electron chi connectivity index (χ1n) is 5.26. The largest absolute Gasteiger partial charge is 0.444 e. The molecule has 1 radical (unpaired) electrons. The van der Waals surface area contributed by atoms with Gasteiger partial charge in [0.05, 0.1) is 0 Å². The molecule has 1 amide bonds. The number of nitrogens with zero attached hydrogens (tertiary/aromatic N) is 1. The van der Waals surface area contributed by atoms with Crippen LogP contribution < -0.4 is 0 Å². The number of amides is 1. The molecule has 0 aromatic heterocycles. The van der Waals surface area contributed by atoms with E-state index in [0.717, 1.165) is 5.56 Å². The van der Waals surface area contributed by atoms with Crippen LogP contribution in [0.1, 0.15) is 12.0 Å². The predicted octanol–water partition coefficient (Wildman–Crippen LogP) is 1.55. The van der Waals surface area contributed by atoms with Crippen molar-refractivity contribution in [2.75, 3.05) is 6.54 Å². The van der Waals surface area contributed by atoms with Crippen molar-refractivity contribution in [3.05, 3.63) is 42.3 Å². The highest BCUT2D eigenvalue weighted by atomic mass is 16.6. The molecular formula is C12H14NO3. The fourth-order valence-corrected chi connectivity index (χ4v) is 1.62. The fraction of sp³-hybridized carbons (Fsp3) is 0.333. The topological polar surface area (TPSA) is 49.8 Å². The van der Waals surface area contributed by atoms with E-state index in [1.807, 2.05) is 30.3 Å². The predicted molar refractivity (Wildman–Crippen MR) is 58.3 cm³/mol. The van der Waals surface area contributed by atoms with Gasteiger partial charge in [0.1, 0.15) is 12.8 Å². The van der Waals surface area contributed by atoms with Gasteiger partial charge in [-0.3, -0.25) is 4.90 Å². The zero-order valence-corrected chi connectivity index (χ0v) is 8.87. The summed E-state index contributed by atoms with van der Waals surface area (Å²) in [6.45, 7) is 0.762. The van der Waals surface area contributed by atoms with Crippen molar-refractivity contribution in [2.45, 2.75) is 19.3 Å². The lowest BCUT2D eigenvalue weighted by atomic mass is 10.2. The van der Waals surface area contributed by atoms with E-state index in [2.05, 4.69) is 0 Å². The van der Waals surface area contributed by atoms with Crippen LogP contribution in [0.4, 0.5) is 4.79 Å². The lowest BCUT2D eigenvalue weighted by molar-refractivity contribution is 0.0348. The average Bonchev–Trinajstić information content (AvgIpc) is 2.74. The van der Waals surface area contributed by atoms with Crippen LogP contribution in [0.5, 0.6) is 0 Å². The number of carbonyl (C=O) groups is 1. The van der Waals surface area contributed by atoms with Crippen LogP contribution in [0.2, 0.25) is 0 Å². The van der Waals surface area contributed by atoms with Crippen LogP contribution in [-0.2, 0) is 11.3 Å². The van der Waals surface area contributed by atoms with Crippen LogP contribution in [0.15, 0.2) is 30.3 Å². The van der Waals surface area contributed by atoms with Gasteiger partial charge in [0.25, 0.3) is 0 Å². The van der Waals surface area contributed by atoms with Gasteiger partial charge in [0.15, 0.2) is 0 Å². The van der Waals surface area contributed by atoms with Crippen molar-refractivity contribution in [3.63, 3.8) is 0 Å². The third-order valence-electron chi connectivity index (χ3n) is 2.51. The monoisotopic (exact) mass is 220 g/mol. The number of likely N-dealkylation sites (tertiary alicyclic amines) is 1. The Balaban J connectivity index is 1.84. The number of aliphatic hydroxyl groups excluding tert-OH is 1. The first-order chi connectivity index (χ1) is 7.77. The molecule has 16 heavy (non-hydrogen) atoms. The van der Waals surface area contributed by atoms with E-state index < -0.39 is 12.3 Å². The second-order valence-electron chi connectivity index (χ2n) is 3.67. The molecule has 1 aromatic rings. The third kappa shape index (κ3) is 2.52. The van der Waals surface area contributed by atoms with Gasteiger partial charge in [0, 0.05) is 13.0 Å². The maximum absolute atomic E-state index is 11.6. The summed E-state index contributed by atoms with van der Waals surface area (Å²) in [6.07, 6.45) is 1.12. The van der Waals surface area contributed by atoms with Gasteiger partial charge in [-0.25, -0.2) is 4.79 Å². The van der Waals surface area contributed by atoms with Crippen molar-refractivity contribution in [2.24, 2.45) is 0 Å². The Labute approximate surface area is 94.4 Å². The zero-order chi connectivity index (χ0) is 11.4. The number of hydrogen-bond acceptors (Lipinski definition) is 3. The number of hydrogen-bond donors (Lipinski definition) is 1. The van der Waals surface area contributed by atoms with Crippen molar-refractivity contribution in [1.82, 2.24) is 4.90 Å². The molecule has 1 aliphatic heterocycles. The third-order valence-corrected chi connectivity index (χ3v) is 2.51. The fourth-order valence-electron chi connectivity index (χ4n) is 1.62. The smallest absolute Gasteiger partial charge is 0.412 e. The highest BCUT2D eigenvalue weighted by Gasteiger charge is 2.28. The summed E-state index contributed by atoms with van der Waals surface area (Å²) in [4.78, 5) is 12.9. The van der Waals surface area contributed by atoms with Gasteiger partial charge >= 0.3 is 6.09 Å². The van der Waals surface area contributed by atoms with E-state index >= 15 is 0 Å². The minimum Gasteiger partial charge on any atom is -0.444 e. The van der Waals surface area contributed by atoms with E-state index in [0.29, 0.717) is 13.0 Å². The molecule has 2 rings (SSSR count). The average molecular weight is 220 g/mol. The van der Waals surface area contributed by atoms with Crippen LogP contribution in [0, 0.1) is 6.42 Å². The molecule has 0 spiro atoms. The number of carbonyl (C=O) groups excluding carboxylic acids is 1. The molecule has 1 aliphatic rings. The summed E-state index contributed by atoms with van der Waals surface area (Å²) < 4.78 is 5.09. The first-order valence-corrected chi connectivity index (χ1v) is 5.26. The van der Waals surface area contributed by atoms with Gasteiger partial charge in [-0.1, -0.05) is 30.3 Å². The van der Waals surface area contributed by atoms with Crippen LogP contribution in [0.25, 0.3) is 0 Å². The number of benzene rings is 1. The SMILES string of the molecule is O=C(OCc1ccccc1)N1CC[CH]C1O. The Morgan fingerprint density at radius 2 is 2.19 bits per heavy atom. The quantitative estimate of drug-likeness (QED) is 0.822. The van der Waals surface area contributed by atoms with Crippen LogP contribution >= 0.6 is 0 Å². The van der Waals surface area contributed by atoms with Gasteiger partial charge in [0.2, 0.25) is 0 Å². The highest BCUT2D eigenvalue weighted by Crippen LogP contribution is 2.15. The lowest BCUT2D eigenvalue weighted by Crippen LogP contribution is -2.35. The van der Waals surface area contributed by atoms with E-state index in [4.69, 9.17) is 4.74 Å². The van der Waals surface area contributed by atoms with E-state index in [9.17, 15) is 9.90 Å². The molecular weight excluding hydrogens is 206 g/mol. The van der Waals surface area contributed by atoms with Crippen molar-refractivity contribution < 1.29 is 14.6 Å². The molecule has 0 saturated carbocycles.